The fraction of sp³-hybridized carbons (Fsp3) is 0.500. The molecule has 90 valence electrons. The van der Waals surface area contributed by atoms with Gasteiger partial charge in [-0.15, -0.1) is 11.6 Å². The van der Waals surface area contributed by atoms with Gasteiger partial charge < -0.3 is 5.11 Å². The molecule has 2 atom stereocenters. The van der Waals surface area contributed by atoms with Crippen LogP contribution in [0, 0.1) is 6.92 Å². The minimum atomic E-state index is -1.46. The largest absolute Gasteiger partial charge is 0.388 e. The second kappa shape index (κ2) is 4.47. The molecule has 0 amide bonds. The number of hydrogen-bond acceptors (Lipinski definition) is 2. The molecular weight excluding hydrogens is 244 g/mol. The van der Waals surface area contributed by atoms with Gasteiger partial charge in [-0.1, -0.05) is 17.7 Å². The summed E-state index contributed by atoms with van der Waals surface area (Å²) in [5.41, 5.74) is -0.120. The van der Waals surface area contributed by atoms with Gasteiger partial charge in [0.2, 0.25) is 0 Å². The van der Waals surface area contributed by atoms with Crippen molar-refractivity contribution < 1.29 is 9.32 Å². The van der Waals surface area contributed by atoms with Gasteiger partial charge in [0.15, 0.2) is 0 Å². The molecule has 4 heteroatoms. The van der Waals surface area contributed by atoms with E-state index in [9.17, 15) is 9.32 Å². The highest BCUT2D eigenvalue weighted by Gasteiger charge is 2.44. The Hall–Kier alpha value is -0.380. The topological polar surface area (TPSA) is 37.3 Å². The molecule has 0 heterocycles. The van der Waals surface area contributed by atoms with Crippen molar-refractivity contribution in [2.45, 2.75) is 42.4 Å². The Bertz CT molecular complexity index is 390. The molecule has 0 saturated heterocycles. The lowest BCUT2D eigenvalue weighted by atomic mass is 10.1. The molecule has 1 aromatic rings. The van der Waals surface area contributed by atoms with E-state index >= 15 is 0 Å². The average Bonchev–Trinajstić information content (AvgIpc) is 2.16. The normalized spacial score (nSPS) is 17.9. The number of alkyl halides is 1. The van der Waals surface area contributed by atoms with E-state index in [1.807, 2.05) is 19.1 Å². The maximum Gasteiger partial charge on any atom is 0.149 e. The second-order valence-electron chi connectivity index (χ2n) is 4.56. The van der Waals surface area contributed by atoms with Crippen molar-refractivity contribution in [1.29, 1.82) is 0 Å². The number of halogens is 1. The molecule has 0 aliphatic heterocycles. The van der Waals surface area contributed by atoms with E-state index in [2.05, 4.69) is 0 Å². The summed E-state index contributed by atoms with van der Waals surface area (Å²) in [4.78, 5) is 0.630. The summed E-state index contributed by atoms with van der Waals surface area (Å²) >= 11 is 6.19. The fourth-order valence-electron chi connectivity index (χ4n) is 1.11. The van der Waals surface area contributed by atoms with Gasteiger partial charge >= 0.3 is 0 Å². The zero-order valence-electron chi connectivity index (χ0n) is 9.95. The number of hydrogen-bond donors (Lipinski definition) is 1. The van der Waals surface area contributed by atoms with Crippen LogP contribution in [0.15, 0.2) is 29.2 Å². The van der Waals surface area contributed by atoms with Crippen molar-refractivity contribution in [3.8, 4) is 0 Å². The minimum Gasteiger partial charge on any atom is -0.388 e. The van der Waals surface area contributed by atoms with E-state index in [0.29, 0.717) is 4.90 Å². The van der Waals surface area contributed by atoms with Crippen LogP contribution in [0.1, 0.15) is 26.3 Å². The Morgan fingerprint density at radius 2 is 1.62 bits per heavy atom. The summed E-state index contributed by atoms with van der Waals surface area (Å²) in [5, 5.41) is 9.91. The van der Waals surface area contributed by atoms with Crippen molar-refractivity contribution in [3.05, 3.63) is 29.8 Å². The maximum absolute atomic E-state index is 12.2. The monoisotopic (exact) mass is 260 g/mol. The molecule has 0 aliphatic rings. The zero-order valence-corrected chi connectivity index (χ0v) is 11.5. The van der Waals surface area contributed by atoms with Crippen LogP contribution in [-0.4, -0.2) is 19.1 Å². The minimum absolute atomic E-state index is 0.630. The number of rotatable bonds is 3. The van der Waals surface area contributed by atoms with E-state index in [-0.39, 0.29) is 0 Å². The summed E-state index contributed by atoms with van der Waals surface area (Å²) in [5.74, 6) is 0. The van der Waals surface area contributed by atoms with Crippen LogP contribution in [0.25, 0.3) is 0 Å². The summed E-state index contributed by atoms with van der Waals surface area (Å²) < 4.78 is 11.0. The van der Waals surface area contributed by atoms with Gasteiger partial charge in [0.25, 0.3) is 0 Å². The lowest BCUT2D eigenvalue weighted by Crippen LogP contribution is -2.46. The van der Waals surface area contributed by atoms with Gasteiger partial charge in [0.05, 0.1) is 16.4 Å². The third-order valence-corrected chi connectivity index (χ3v) is 5.46. The summed E-state index contributed by atoms with van der Waals surface area (Å²) in [6.45, 7) is 6.67. The quantitative estimate of drug-likeness (QED) is 0.849. The molecule has 2 nitrogen and oxygen atoms in total. The fourth-order valence-corrected chi connectivity index (χ4v) is 2.66. The van der Waals surface area contributed by atoms with Gasteiger partial charge in [-0.05, 0) is 39.8 Å². The van der Waals surface area contributed by atoms with E-state index in [1.54, 1.807) is 32.9 Å². The van der Waals surface area contributed by atoms with Gasteiger partial charge in [-0.3, -0.25) is 4.21 Å². The lowest BCUT2D eigenvalue weighted by Gasteiger charge is -2.33. The first-order valence-corrected chi connectivity index (χ1v) is 6.59. The van der Waals surface area contributed by atoms with E-state index in [1.165, 1.54) is 0 Å². The first kappa shape index (κ1) is 13.7. The molecule has 0 aliphatic carbocycles. The van der Waals surface area contributed by atoms with Crippen LogP contribution < -0.4 is 0 Å². The highest BCUT2D eigenvalue weighted by Crippen LogP contribution is 2.35. The molecule has 2 unspecified atom stereocenters. The first-order chi connectivity index (χ1) is 7.16. The number of aryl methyl sites for hydroxylation is 1. The van der Waals surface area contributed by atoms with Crippen molar-refractivity contribution >= 4 is 22.4 Å². The van der Waals surface area contributed by atoms with Crippen LogP contribution >= 0.6 is 11.6 Å². The van der Waals surface area contributed by atoms with Crippen molar-refractivity contribution in [2.24, 2.45) is 0 Å². The van der Waals surface area contributed by atoms with Crippen LogP contribution in [-0.2, 0) is 10.8 Å². The van der Waals surface area contributed by atoms with Crippen LogP contribution in [0.4, 0.5) is 0 Å². The number of benzene rings is 1. The summed E-state index contributed by atoms with van der Waals surface area (Å²) in [6, 6.07) is 7.31. The predicted octanol–water partition coefficient (Wildman–Crippen LogP) is 2.83. The molecule has 0 aromatic heterocycles. The molecule has 1 aromatic carbocycles. The highest BCUT2D eigenvalue weighted by molar-refractivity contribution is 7.88. The van der Waals surface area contributed by atoms with Crippen LogP contribution in [0.5, 0.6) is 0 Å². The maximum atomic E-state index is 12.2. The smallest absolute Gasteiger partial charge is 0.149 e. The first-order valence-electron chi connectivity index (χ1n) is 5.06. The molecule has 1 N–H and O–H groups in total. The SMILES string of the molecule is Cc1ccc(S(=O)C(C)(Cl)C(C)(C)O)cc1. The Morgan fingerprint density at radius 1 is 1.19 bits per heavy atom. The van der Waals surface area contributed by atoms with Crippen molar-refractivity contribution in [3.63, 3.8) is 0 Å². The molecule has 0 radical (unpaired) electrons. The predicted molar refractivity (Wildman–Crippen MR) is 68.1 cm³/mol. The molecule has 1 rings (SSSR count). The van der Waals surface area contributed by atoms with Gasteiger partial charge in [-0.2, -0.15) is 0 Å². The standard InChI is InChI=1S/C12H17ClO2S/c1-9-5-7-10(8-6-9)16(15)12(4,13)11(2,3)14/h5-8,14H,1-4H3. The molecule has 0 saturated carbocycles. The van der Waals surface area contributed by atoms with E-state index in [0.717, 1.165) is 5.56 Å². The second-order valence-corrected chi connectivity index (χ2v) is 7.36. The Kier molecular flexibility index (Phi) is 3.83. The lowest BCUT2D eigenvalue weighted by molar-refractivity contribution is 0.0683. The van der Waals surface area contributed by atoms with E-state index in [4.69, 9.17) is 11.6 Å². The number of aliphatic hydroxyl groups is 1. The summed E-state index contributed by atoms with van der Waals surface area (Å²) in [7, 11) is -1.46. The molecule has 16 heavy (non-hydrogen) atoms. The Labute approximate surface area is 104 Å². The summed E-state index contributed by atoms with van der Waals surface area (Å²) in [6.07, 6.45) is 0. The average molecular weight is 261 g/mol. The Balaban J connectivity index is 3.07. The highest BCUT2D eigenvalue weighted by atomic mass is 35.5. The molecule has 0 spiro atoms. The Morgan fingerprint density at radius 3 is 2.00 bits per heavy atom. The van der Waals surface area contributed by atoms with Crippen molar-refractivity contribution in [1.82, 2.24) is 0 Å². The molecule has 0 bridgehead atoms. The van der Waals surface area contributed by atoms with Crippen molar-refractivity contribution in [2.75, 3.05) is 0 Å². The molecular formula is C12H17ClO2S. The zero-order chi connectivity index (χ0) is 12.6. The van der Waals surface area contributed by atoms with Crippen LogP contribution in [0.2, 0.25) is 0 Å². The van der Waals surface area contributed by atoms with Crippen LogP contribution in [0.3, 0.4) is 0 Å². The van der Waals surface area contributed by atoms with Gasteiger partial charge in [-0.25, -0.2) is 0 Å². The third-order valence-electron chi connectivity index (χ3n) is 2.68. The van der Waals surface area contributed by atoms with Gasteiger partial charge in [0.1, 0.15) is 4.21 Å². The van der Waals surface area contributed by atoms with E-state index < -0.39 is 20.6 Å². The third kappa shape index (κ3) is 2.65. The van der Waals surface area contributed by atoms with Gasteiger partial charge in [0, 0.05) is 4.90 Å². The molecule has 0 fully saturated rings.